The van der Waals surface area contributed by atoms with Crippen LogP contribution in [0.2, 0.25) is 0 Å². The number of unbranched alkanes of at least 4 members (excludes halogenated alkanes) is 2. The number of hydrogen-bond donors (Lipinski definition) is 1. The number of ether oxygens (including phenoxy) is 1. The van der Waals surface area contributed by atoms with Crippen LogP contribution in [0.1, 0.15) is 51.5 Å². The van der Waals surface area contributed by atoms with Crippen molar-refractivity contribution >= 4 is 11.9 Å². The molecule has 1 rings (SSSR count). The van der Waals surface area contributed by atoms with Gasteiger partial charge in [0.1, 0.15) is 0 Å². The molecule has 0 aliphatic heterocycles. The van der Waals surface area contributed by atoms with Gasteiger partial charge in [-0.3, -0.25) is 9.59 Å². The fourth-order valence-corrected chi connectivity index (χ4v) is 2.63. The SMILES string of the molecule is CCCC[C@](/C=C/CCCc1ccccc1)(C(N)=O)C(=O)OCC. The lowest BCUT2D eigenvalue weighted by molar-refractivity contribution is -0.157. The number of carbonyl (C=O) groups excluding carboxylic acids is 2. The van der Waals surface area contributed by atoms with Crippen LogP contribution in [0.5, 0.6) is 0 Å². The summed E-state index contributed by atoms with van der Waals surface area (Å²) in [6.45, 7) is 3.98. The molecule has 4 heteroatoms. The van der Waals surface area contributed by atoms with Gasteiger partial charge in [-0.25, -0.2) is 0 Å². The van der Waals surface area contributed by atoms with E-state index in [9.17, 15) is 9.59 Å². The van der Waals surface area contributed by atoms with Crippen molar-refractivity contribution in [1.82, 2.24) is 0 Å². The van der Waals surface area contributed by atoms with Crippen molar-refractivity contribution in [3.8, 4) is 0 Å². The lowest BCUT2D eigenvalue weighted by Crippen LogP contribution is -2.43. The first-order chi connectivity index (χ1) is 11.6. The number of hydrogen-bond acceptors (Lipinski definition) is 3. The van der Waals surface area contributed by atoms with Crippen molar-refractivity contribution in [3.05, 3.63) is 48.0 Å². The van der Waals surface area contributed by atoms with E-state index < -0.39 is 17.3 Å². The van der Waals surface area contributed by atoms with Gasteiger partial charge in [-0.2, -0.15) is 0 Å². The smallest absolute Gasteiger partial charge is 0.325 e. The summed E-state index contributed by atoms with van der Waals surface area (Å²) >= 11 is 0. The van der Waals surface area contributed by atoms with Crippen LogP contribution in [-0.2, 0) is 20.7 Å². The monoisotopic (exact) mass is 331 g/mol. The second-order valence-electron chi connectivity index (χ2n) is 5.94. The van der Waals surface area contributed by atoms with Gasteiger partial charge < -0.3 is 10.5 Å². The molecule has 1 amide bonds. The summed E-state index contributed by atoms with van der Waals surface area (Å²) in [4.78, 5) is 24.3. The zero-order valence-electron chi connectivity index (χ0n) is 14.8. The molecule has 0 fully saturated rings. The average Bonchev–Trinajstić information content (AvgIpc) is 2.58. The molecular formula is C20H29NO3. The number of nitrogens with two attached hydrogens (primary N) is 1. The highest BCUT2D eigenvalue weighted by Crippen LogP contribution is 2.29. The Morgan fingerprint density at radius 2 is 1.88 bits per heavy atom. The van der Waals surface area contributed by atoms with E-state index in [4.69, 9.17) is 10.5 Å². The van der Waals surface area contributed by atoms with Gasteiger partial charge in [0.2, 0.25) is 5.91 Å². The molecule has 0 heterocycles. The van der Waals surface area contributed by atoms with Crippen molar-refractivity contribution in [1.29, 1.82) is 0 Å². The Morgan fingerprint density at radius 3 is 2.46 bits per heavy atom. The number of rotatable bonds is 11. The van der Waals surface area contributed by atoms with E-state index in [1.54, 1.807) is 13.0 Å². The van der Waals surface area contributed by atoms with Crippen LogP contribution in [0.15, 0.2) is 42.5 Å². The second-order valence-corrected chi connectivity index (χ2v) is 5.94. The number of amides is 1. The van der Waals surface area contributed by atoms with E-state index in [0.717, 1.165) is 32.1 Å². The van der Waals surface area contributed by atoms with Crippen molar-refractivity contribution < 1.29 is 14.3 Å². The first-order valence-electron chi connectivity index (χ1n) is 8.75. The zero-order chi connectivity index (χ0) is 17.8. The molecule has 0 bridgehead atoms. The van der Waals surface area contributed by atoms with Gasteiger partial charge in [0.15, 0.2) is 5.41 Å². The molecule has 1 aromatic carbocycles. The molecule has 2 N–H and O–H groups in total. The normalized spacial score (nSPS) is 13.6. The number of aryl methyl sites for hydroxylation is 1. The molecule has 24 heavy (non-hydrogen) atoms. The van der Waals surface area contributed by atoms with Crippen LogP contribution in [0, 0.1) is 5.41 Å². The fraction of sp³-hybridized carbons (Fsp3) is 0.500. The minimum Gasteiger partial charge on any atom is -0.465 e. The predicted octanol–water partition coefficient (Wildman–Crippen LogP) is 3.79. The average molecular weight is 331 g/mol. The molecule has 1 atom stereocenters. The van der Waals surface area contributed by atoms with Crippen LogP contribution in [-0.4, -0.2) is 18.5 Å². The van der Waals surface area contributed by atoms with Gasteiger partial charge in [-0.1, -0.05) is 62.2 Å². The zero-order valence-corrected chi connectivity index (χ0v) is 14.8. The molecule has 132 valence electrons. The Balaban J connectivity index is 2.71. The number of primary amides is 1. The van der Waals surface area contributed by atoms with E-state index >= 15 is 0 Å². The maximum Gasteiger partial charge on any atom is 0.325 e. The Kier molecular flexibility index (Phi) is 8.84. The van der Waals surface area contributed by atoms with E-state index in [1.165, 1.54) is 5.56 Å². The van der Waals surface area contributed by atoms with E-state index in [0.29, 0.717) is 6.42 Å². The van der Waals surface area contributed by atoms with Crippen molar-refractivity contribution in [2.24, 2.45) is 11.1 Å². The van der Waals surface area contributed by atoms with E-state index in [-0.39, 0.29) is 6.61 Å². The van der Waals surface area contributed by atoms with Gasteiger partial charge in [-0.05, 0) is 38.2 Å². The molecule has 0 aliphatic carbocycles. The largest absolute Gasteiger partial charge is 0.465 e. The van der Waals surface area contributed by atoms with Crippen molar-refractivity contribution in [2.45, 2.75) is 52.4 Å². The molecular weight excluding hydrogens is 302 g/mol. The third kappa shape index (κ3) is 5.84. The summed E-state index contributed by atoms with van der Waals surface area (Å²) in [5.74, 6) is -1.17. The van der Waals surface area contributed by atoms with Crippen LogP contribution in [0.25, 0.3) is 0 Å². The lowest BCUT2D eigenvalue weighted by atomic mass is 9.81. The minimum atomic E-state index is -1.33. The van der Waals surface area contributed by atoms with Gasteiger partial charge in [0.25, 0.3) is 0 Å². The molecule has 1 aromatic rings. The Morgan fingerprint density at radius 1 is 1.17 bits per heavy atom. The third-order valence-corrected chi connectivity index (χ3v) is 4.09. The predicted molar refractivity (Wildman–Crippen MR) is 96.3 cm³/mol. The quantitative estimate of drug-likeness (QED) is 0.290. The Bertz CT molecular complexity index is 539. The topological polar surface area (TPSA) is 69.4 Å². The van der Waals surface area contributed by atoms with Crippen LogP contribution >= 0.6 is 0 Å². The van der Waals surface area contributed by atoms with Gasteiger partial charge >= 0.3 is 5.97 Å². The van der Waals surface area contributed by atoms with Crippen molar-refractivity contribution in [2.75, 3.05) is 6.61 Å². The maximum absolute atomic E-state index is 12.3. The number of benzene rings is 1. The molecule has 4 nitrogen and oxygen atoms in total. The first-order valence-corrected chi connectivity index (χ1v) is 8.75. The highest BCUT2D eigenvalue weighted by Gasteiger charge is 2.42. The molecule has 0 spiro atoms. The Labute approximate surface area is 145 Å². The van der Waals surface area contributed by atoms with Crippen LogP contribution in [0.3, 0.4) is 0 Å². The second kappa shape index (κ2) is 10.6. The summed E-state index contributed by atoms with van der Waals surface area (Å²) in [5.41, 5.74) is 5.50. The van der Waals surface area contributed by atoms with Gasteiger partial charge in [-0.15, -0.1) is 0 Å². The molecule has 0 aliphatic rings. The molecule has 0 unspecified atom stereocenters. The summed E-state index contributed by atoms with van der Waals surface area (Å²) in [7, 11) is 0. The standard InChI is InChI=1S/C20H29NO3/c1-3-5-15-20(18(21)22,19(23)24-4-2)16-11-7-10-14-17-12-8-6-9-13-17/h6,8-9,11-13,16H,3-5,7,10,14-15H2,1-2H3,(H2,21,22)/b16-11+/t20-/m0/s1. The van der Waals surface area contributed by atoms with Gasteiger partial charge in [0, 0.05) is 0 Å². The first kappa shape index (κ1) is 19.9. The molecule has 0 saturated carbocycles. The molecule has 0 aromatic heterocycles. The summed E-state index contributed by atoms with van der Waals surface area (Å²) in [5, 5.41) is 0. The summed E-state index contributed by atoms with van der Waals surface area (Å²) < 4.78 is 5.10. The highest BCUT2D eigenvalue weighted by atomic mass is 16.5. The maximum atomic E-state index is 12.3. The minimum absolute atomic E-state index is 0.238. The summed E-state index contributed by atoms with van der Waals surface area (Å²) in [6, 6.07) is 10.2. The molecule has 0 radical (unpaired) electrons. The Hall–Kier alpha value is -2.10. The van der Waals surface area contributed by atoms with Crippen molar-refractivity contribution in [3.63, 3.8) is 0 Å². The molecule has 0 saturated heterocycles. The number of carbonyl (C=O) groups is 2. The van der Waals surface area contributed by atoms with E-state index in [1.807, 2.05) is 31.2 Å². The number of esters is 1. The van der Waals surface area contributed by atoms with E-state index in [2.05, 4.69) is 12.1 Å². The van der Waals surface area contributed by atoms with Crippen LogP contribution < -0.4 is 5.73 Å². The van der Waals surface area contributed by atoms with Gasteiger partial charge in [0.05, 0.1) is 6.61 Å². The fourth-order valence-electron chi connectivity index (χ4n) is 2.63. The number of allylic oxidation sites excluding steroid dienone is 1. The highest BCUT2D eigenvalue weighted by molar-refractivity contribution is 6.04. The third-order valence-electron chi connectivity index (χ3n) is 4.09. The lowest BCUT2D eigenvalue weighted by Gasteiger charge is -2.24. The van der Waals surface area contributed by atoms with Crippen LogP contribution in [0.4, 0.5) is 0 Å². The summed E-state index contributed by atoms with van der Waals surface area (Å²) in [6.07, 6.45) is 8.28.